The van der Waals surface area contributed by atoms with Crippen molar-refractivity contribution in [1.82, 2.24) is 0 Å². The lowest BCUT2D eigenvalue weighted by molar-refractivity contribution is 0.141. The van der Waals surface area contributed by atoms with Gasteiger partial charge in [-0.3, -0.25) is 0 Å². The molecule has 0 amide bonds. The first-order valence-corrected chi connectivity index (χ1v) is 4.92. The van der Waals surface area contributed by atoms with Crippen LogP contribution in [0.5, 0.6) is 5.75 Å². The van der Waals surface area contributed by atoms with Crippen molar-refractivity contribution in [3.63, 3.8) is 0 Å². The van der Waals surface area contributed by atoms with Gasteiger partial charge in [0.1, 0.15) is 11.9 Å². The molecule has 0 aromatic heterocycles. The summed E-state index contributed by atoms with van der Waals surface area (Å²) in [4.78, 5) is 0. The van der Waals surface area contributed by atoms with E-state index in [1.54, 1.807) is 18.2 Å². The molecular formula is C10H12ClNO2. The van der Waals surface area contributed by atoms with Crippen LogP contribution in [-0.2, 0) is 4.74 Å². The third kappa shape index (κ3) is 2.30. The molecule has 2 rings (SSSR count). The summed E-state index contributed by atoms with van der Waals surface area (Å²) in [5.74, 6) is 0.713. The van der Waals surface area contributed by atoms with Crippen LogP contribution in [0.4, 0.5) is 5.69 Å². The number of hydrogen-bond donors (Lipinski definition) is 1. The maximum Gasteiger partial charge on any atom is 0.124 e. The zero-order valence-corrected chi connectivity index (χ0v) is 8.46. The van der Waals surface area contributed by atoms with E-state index in [2.05, 4.69) is 0 Å². The minimum absolute atomic E-state index is 0.132. The summed E-state index contributed by atoms with van der Waals surface area (Å²) in [7, 11) is 0. The van der Waals surface area contributed by atoms with E-state index in [-0.39, 0.29) is 6.10 Å². The summed E-state index contributed by atoms with van der Waals surface area (Å²) in [6, 6.07) is 5.22. The van der Waals surface area contributed by atoms with E-state index in [4.69, 9.17) is 26.8 Å². The average molecular weight is 214 g/mol. The lowest BCUT2D eigenvalue weighted by Gasteiger charge is -2.12. The number of rotatable bonds is 2. The van der Waals surface area contributed by atoms with E-state index in [1.807, 2.05) is 0 Å². The highest BCUT2D eigenvalue weighted by Crippen LogP contribution is 2.24. The van der Waals surface area contributed by atoms with Gasteiger partial charge in [-0.1, -0.05) is 11.6 Å². The van der Waals surface area contributed by atoms with E-state index in [0.717, 1.165) is 13.0 Å². The Hall–Kier alpha value is -0.930. The molecule has 1 saturated heterocycles. The SMILES string of the molecule is Nc1cc(Cl)cc(OC2CCOC2)c1. The Morgan fingerprint density at radius 1 is 1.43 bits per heavy atom. The summed E-state index contributed by atoms with van der Waals surface area (Å²) in [5.41, 5.74) is 6.26. The molecule has 1 aliphatic heterocycles. The van der Waals surface area contributed by atoms with Crippen LogP contribution in [0, 0.1) is 0 Å². The number of benzene rings is 1. The van der Waals surface area contributed by atoms with Crippen molar-refractivity contribution in [3.05, 3.63) is 23.2 Å². The molecule has 0 bridgehead atoms. The zero-order chi connectivity index (χ0) is 9.97. The van der Waals surface area contributed by atoms with Crippen molar-refractivity contribution in [2.45, 2.75) is 12.5 Å². The monoisotopic (exact) mass is 213 g/mol. The van der Waals surface area contributed by atoms with E-state index >= 15 is 0 Å². The van der Waals surface area contributed by atoms with Gasteiger partial charge >= 0.3 is 0 Å². The van der Waals surface area contributed by atoms with E-state index in [9.17, 15) is 0 Å². The average Bonchev–Trinajstić information content (AvgIpc) is 2.54. The van der Waals surface area contributed by atoms with E-state index in [0.29, 0.717) is 23.1 Å². The molecule has 76 valence electrons. The summed E-state index contributed by atoms with van der Waals surface area (Å²) < 4.78 is 10.8. The Bertz CT molecular complexity index is 304. The van der Waals surface area contributed by atoms with Gasteiger partial charge in [0.15, 0.2) is 0 Å². The number of ether oxygens (including phenoxy) is 2. The molecular weight excluding hydrogens is 202 g/mol. The maximum absolute atomic E-state index is 5.84. The highest BCUT2D eigenvalue weighted by atomic mass is 35.5. The van der Waals surface area contributed by atoms with Gasteiger partial charge in [-0.15, -0.1) is 0 Å². The van der Waals surface area contributed by atoms with Gasteiger partial charge < -0.3 is 15.2 Å². The quantitative estimate of drug-likeness (QED) is 0.766. The first-order chi connectivity index (χ1) is 6.74. The molecule has 0 spiro atoms. The minimum atomic E-state index is 0.132. The van der Waals surface area contributed by atoms with Crippen LogP contribution < -0.4 is 10.5 Å². The van der Waals surface area contributed by atoms with Crippen molar-refractivity contribution < 1.29 is 9.47 Å². The van der Waals surface area contributed by atoms with Crippen LogP contribution in [0.15, 0.2) is 18.2 Å². The highest BCUT2D eigenvalue weighted by molar-refractivity contribution is 6.31. The maximum atomic E-state index is 5.84. The van der Waals surface area contributed by atoms with Gasteiger partial charge in [0.05, 0.1) is 13.2 Å². The molecule has 1 heterocycles. The summed E-state index contributed by atoms with van der Waals surface area (Å²) >= 11 is 5.84. The highest BCUT2D eigenvalue weighted by Gasteiger charge is 2.17. The van der Waals surface area contributed by atoms with Gasteiger partial charge in [0, 0.05) is 23.2 Å². The van der Waals surface area contributed by atoms with Crippen molar-refractivity contribution in [1.29, 1.82) is 0 Å². The van der Waals surface area contributed by atoms with Gasteiger partial charge in [0.25, 0.3) is 0 Å². The second-order valence-electron chi connectivity index (χ2n) is 3.32. The Morgan fingerprint density at radius 2 is 2.29 bits per heavy atom. The van der Waals surface area contributed by atoms with Crippen LogP contribution in [0.1, 0.15) is 6.42 Å². The fourth-order valence-corrected chi connectivity index (χ4v) is 1.68. The van der Waals surface area contributed by atoms with Crippen LogP contribution >= 0.6 is 11.6 Å². The van der Waals surface area contributed by atoms with Crippen LogP contribution in [0.3, 0.4) is 0 Å². The Labute approximate surface area is 87.8 Å². The molecule has 3 nitrogen and oxygen atoms in total. The molecule has 1 aliphatic rings. The topological polar surface area (TPSA) is 44.5 Å². The number of anilines is 1. The van der Waals surface area contributed by atoms with Crippen LogP contribution in [0.2, 0.25) is 5.02 Å². The molecule has 1 aromatic carbocycles. The molecule has 4 heteroatoms. The molecule has 1 fully saturated rings. The second-order valence-corrected chi connectivity index (χ2v) is 3.76. The first kappa shape index (κ1) is 9.62. The Morgan fingerprint density at radius 3 is 2.93 bits per heavy atom. The van der Waals surface area contributed by atoms with E-state index < -0.39 is 0 Å². The lowest BCUT2D eigenvalue weighted by atomic mass is 10.3. The smallest absolute Gasteiger partial charge is 0.124 e. The lowest BCUT2D eigenvalue weighted by Crippen LogP contribution is -2.15. The van der Waals surface area contributed by atoms with Crippen molar-refractivity contribution in [2.24, 2.45) is 0 Å². The second kappa shape index (κ2) is 4.07. The number of nitrogens with two attached hydrogens (primary N) is 1. The van der Waals surface area contributed by atoms with Crippen LogP contribution in [-0.4, -0.2) is 19.3 Å². The first-order valence-electron chi connectivity index (χ1n) is 4.54. The normalized spacial score (nSPS) is 21.1. The third-order valence-electron chi connectivity index (χ3n) is 2.08. The number of nitrogen functional groups attached to an aromatic ring is 1. The molecule has 1 aromatic rings. The minimum Gasteiger partial charge on any atom is -0.488 e. The fourth-order valence-electron chi connectivity index (χ4n) is 1.45. The standard InChI is InChI=1S/C10H12ClNO2/c11-7-3-8(12)5-10(4-7)14-9-1-2-13-6-9/h3-5,9H,1-2,6,12H2. The summed E-state index contributed by atoms with van der Waals surface area (Å²) in [5, 5.41) is 0.596. The summed E-state index contributed by atoms with van der Waals surface area (Å²) in [6.45, 7) is 1.41. The van der Waals surface area contributed by atoms with E-state index in [1.165, 1.54) is 0 Å². The molecule has 0 saturated carbocycles. The number of halogens is 1. The molecule has 2 N–H and O–H groups in total. The predicted molar refractivity (Wildman–Crippen MR) is 55.7 cm³/mol. The predicted octanol–water partition coefficient (Wildman–Crippen LogP) is 2.09. The van der Waals surface area contributed by atoms with Crippen molar-refractivity contribution in [2.75, 3.05) is 18.9 Å². The fraction of sp³-hybridized carbons (Fsp3) is 0.400. The van der Waals surface area contributed by atoms with Gasteiger partial charge in [0.2, 0.25) is 0 Å². The number of hydrogen-bond acceptors (Lipinski definition) is 3. The third-order valence-corrected chi connectivity index (χ3v) is 2.30. The zero-order valence-electron chi connectivity index (χ0n) is 7.70. The van der Waals surface area contributed by atoms with Crippen molar-refractivity contribution in [3.8, 4) is 5.75 Å². The van der Waals surface area contributed by atoms with Gasteiger partial charge in [-0.25, -0.2) is 0 Å². The molecule has 1 unspecified atom stereocenters. The molecule has 1 atom stereocenters. The molecule has 14 heavy (non-hydrogen) atoms. The summed E-state index contributed by atoms with van der Waals surface area (Å²) in [6.07, 6.45) is 1.06. The molecule has 0 aliphatic carbocycles. The van der Waals surface area contributed by atoms with Gasteiger partial charge in [-0.2, -0.15) is 0 Å². The van der Waals surface area contributed by atoms with Gasteiger partial charge in [-0.05, 0) is 12.1 Å². The van der Waals surface area contributed by atoms with Crippen molar-refractivity contribution >= 4 is 17.3 Å². The van der Waals surface area contributed by atoms with Crippen LogP contribution in [0.25, 0.3) is 0 Å². The Kier molecular flexibility index (Phi) is 2.79. The molecule has 0 radical (unpaired) electrons. The largest absolute Gasteiger partial charge is 0.488 e. The Balaban J connectivity index is 2.07.